The lowest BCUT2D eigenvalue weighted by Crippen LogP contribution is -2.15. The molecule has 5 N–H and O–H groups in total. The number of carbonyl (C=O) groups is 1. The Morgan fingerprint density at radius 2 is 1.86 bits per heavy atom. The van der Waals surface area contributed by atoms with Gasteiger partial charge in [-0.15, -0.1) is 0 Å². The van der Waals surface area contributed by atoms with Crippen LogP contribution in [0.2, 0.25) is 0 Å². The van der Waals surface area contributed by atoms with Gasteiger partial charge in [0.1, 0.15) is 11.5 Å². The number of hydrogen-bond donors (Lipinski definition) is 4. The van der Waals surface area contributed by atoms with Crippen LogP contribution in [0.4, 0.5) is 0 Å². The molecule has 5 heteroatoms. The molecule has 0 fully saturated rings. The third kappa shape index (κ3) is 2.14. The minimum Gasteiger partial charge on any atom is -0.507 e. The van der Waals surface area contributed by atoms with E-state index in [4.69, 9.17) is 10.8 Å². The molecule has 0 aromatic heterocycles. The summed E-state index contributed by atoms with van der Waals surface area (Å²) in [6.45, 7) is 0. The van der Waals surface area contributed by atoms with Crippen LogP contribution in [-0.2, 0) is 4.79 Å². The number of aliphatic carboxylic acids is 1. The molecule has 0 aliphatic rings. The lowest BCUT2D eigenvalue weighted by Gasteiger charge is -2.12. The molecule has 5 nitrogen and oxygen atoms in total. The summed E-state index contributed by atoms with van der Waals surface area (Å²) in [5, 5.41) is 27.2. The Kier molecular flexibility index (Phi) is 2.93. The van der Waals surface area contributed by atoms with Gasteiger partial charge in [-0.2, -0.15) is 0 Å². The van der Waals surface area contributed by atoms with E-state index < -0.39 is 12.0 Å². The quantitative estimate of drug-likeness (QED) is 0.567. The standard InChI is InChI=1S/C9H11NO4/c10-5(4-8(13)14)9-6(11)2-1-3-7(9)12/h1-3,5,11-12H,4,10H2,(H,13,14)/t5-/m1/s1. The van der Waals surface area contributed by atoms with Crippen molar-refractivity contribution in [3.8, 4) is 11.5 Å². The van der Waals surface area contributed by atoms with Crippen LogP contribution >= 0.6 is 0 Å². The number of hydrogen-bond acceptors (Lipinski definition) is 4. The normalized spacial score (nSPS) is 12.4. The fourth-order valence-electron chi connectivity index (χ4n) is 1.21. The molecule has 0 bridgehead atoms. The highest BCUT2D eigenvalue weighted by molar-refractivity contribution is 5.68. The Labute approximate surface area is 80.4 Å². The van der Waals surface area contributed by atoms with Gasteiger partial charge in [0.2, 0.25) is 0 Å². The molecule has 0 radical (unpaired) electrons. The largest absolute Gasteiger partial charge is 0.507 e. The van der Waals surface area contributed by atoms with Gasteiger partial charge in [0.15, 0.2) is 0 Å². The summed E-state index contributed by atoms with van der Waals surface area (Å²) >= 11 is 0. The van der Waals surface area contributed by atoms with Crippen LogP contribution in [0.1, 0.15) is 18.0 Å². The number of carboxylic acid groups (broad SMARTS) is 1. The maximum atomic E-state index is 10.4. The summed E-state index contributed by atoms with van der Waals surface area (Å²) in [6, 6.07) is 3.23. The summed E-state index contributed by atoms with van der Waals surface area (Å²) in [6.07, 6.45) is -0.342. The molecule has 0 amide bonds. The van der Waals surface area contributed by atoms with Gasteiger partial charge >= 0.3 is 5.97 Å². The van der Waals surface area contributed by atoms with Crippen molar-refractivity contribution >= 4 is 5.97 Å². The van der Waals surface area contributed by atoms with Crippen molar-refractivity contribution in [2.45, 2.75) is 12.5 Å². The zero-order valence-electron chi connectivity index (χ0n) is 7.34. The molecule has 0 unspecified atom stereocenters. The third-order valence-electron chi connectivity index (χ3n) is 1.83. The fourth-order valence-corrected chi connectivity index (χ4v) is 1.21. The molecule has 0 saturated heterocycles. The first kappa shape index (κ1) is 10.3. The Balaban J connectivity index is 2.99. The van der Waals surface area contributed by atoms with Crippen molar-refractivity contribution in [2.75, 3.05) is 0 Å². The van der Waals surface area contributed by atoms with Crippen LogP contribution in [0.25, 0.3) is 0 Å². The number of carboxylic acids is 1. The zero-order chi connectivity index (χ0) is 10.7. The predicted molar refractivity (Wildman–Crippen MR) is 49.0 cm³/mol. The van der Waals surface area contributed by atoms with Crippen molar-refractivity contribution in [3.63, 3.8) is 0 Å². The first-order valence-electron chi connectivity index (χ1n) is 4.00. The van der Waals surface area contributed by atoms with E-state index in [1.807, 2.05) is 0 Å². The van der Waals surface area contributed by atoms with Crippen molar-refractivity contribution in [2.24, 2.45) is 5.73 Å². The Hall–Kier alpha value is -1.75. The van der Waals surface area contributed by atoms with Crippen molar-refractivity contribution in [1.82, 2.24) is 0 Å². The van der Waals surface area contributed by atoms with Crippen LogP contribution < -0.4 is 5.73 Å². The van der Waals surface area contributed by atoms with Gasteiger partial charge in [0.05, 0.1) is 12.0 Å². The monoisotopic (exact) mass is 197 g/mol. The maximum absolute atomic E-state index is 10.4. The number of phenolic OH excluding ortho intramolecular Hbond substituents is 2. The predicted octanol–water partition coefficient (Wildman–Crippen LogP) is 0.572. The summed E-state index contributed by atoms with van der Waals surface area (Å²) in [7, 11) is 0. The summed E-state index contributed by atoms with van der Waals surface area (Å²) in [5.74, 6) is -1.47. The summed E-state index contributed by atoms with van der Waals surface area (Å²) in [5.41, 5.74) is 5.56. The van der Waals surface area contributed by atoms with Crippen molar-refractivity contribution in [1.29, 1.82) is 0 Å². The molecule has 0 aliphatic carbocycles. The van der Waals surface area contributed by atoms with Crippen molar-refractivity contribution < 1.29 is 20.1 Å². The van der Waals surface area contributed by atoms with E-state index in [-0.39, 0.29) is 23.5 Å². The van der Waals surface area contributed by atoms with Crippen LogP contribution in [0.5, 0.6) is 11.5 Å². The van der Waals surface area contributed by atoms with E-state index in [2.05, 4.69) is 0 Å². The van der Waals surface area contributed by atoms with E-state index in [1.54, 1.807) is 0 Å². The molecule has 1 atom stereocenters. The zero-order valence-corrected chi connectivity index (χ0v) is 7.34. The molecular formula is C9H11NO4. The lowest BCUT2D eigenvalue weighted by atomic mass is 10.0. The summed E-state index contributed by atoms with van der Waals surface area (Å²) in [4.78, 5) is 10.4. The minimum atomic E-state index is -1.08. The molecule has 76 valence electrons. The molecule has 0 aliphatic heterocycles. The van der Waals surface area contributed by atoms with E-state index in [0.29, 0.717) is 0 Å². The van der Waals surface area contributed by atoms with E-state index in [0.717, 1.165) is 0 Å². The van der Waals surface area contributed by atoms with E-state index in [1.165, 1.54) is 18.2 Å². The van der Waals surface area contributed by atoms with Gasteiger partial charge < -0.3 is 21.1 Å². The topological polar surface area (TPSA) is 104 Å². The van der Waals surface area contributed by atoms with Gasteiger partial charge in [-0.3, -0.25) is 4.79 Å². The minimum absolute atomic E-state index is 0.0647. The molecule has 1 aromatic carbocycles. The molecule has 14 heavy (non-hydrogen) atoms. The van der Waals surface area contributed by atoms with Crippen LogP contribution in [0.15, 0.2) is 18.2 Å². The van der Waals surface area contributed by atoms with Crippen LogP contribution in [0.3, 0.4) is 0 Å². The number of nitrogens with two attached hydrogens (primary N) is 1. The second kappa shape index (κ2) is 3.97. The fraction of sp³-hybridized carbons (Fsp3) is 0.222. The van der Waals surface area contributed by atoms with E-state index in [9.17, 15) is 15.0 Å². The Morgan fingerprint density at radius 3 is 2.29 bits per heavy atom. The SMILES string of the molecule is N[C@H](CC(=O)O)c1c(O)cccc1O. The first-order chi connectivity index (χ1) is 6.52. The molecule has 0 spiro atoms. The number of benzene rings is 1. The highest BCUT2D eigenvalue weighted by Crippen LogP contribution is 2.32. The average Bonchev–Trinajstić information content (AvgIpc) is 2.01. The molecule has 0 heterocycles. The van der Waals surface area contributed by atoms with Gasteiger partial charge in [0.25, 0.3) is 0 Å². The van der Waals surface area contributed by atoms with Crippen LogP contribution in [0, 0.1) is 0 Å². The number of aromatic hydroxyl groups is 2. The van der Waals surface area contributed by atoms with Gasteiger partial charge in [0, 0.05) is 6.04 Å². The summed E-state index contributed by atoms with van der Waals surface area (Å²) < 4.78 is 0. The first-order valence-corrected chi connectivity index (χ1v) is 4.00. The molecular weight excluding hydrogens is 186 g/mol. The van der Waals surface area contributed by atoms with Gasteiger partial charge in [-0.05, 0) is 12.1 Å². The smallest absolute Gasteiger partial charge is 0.305 e. The molecule has 1 aromatic rings. The van der Waals surface area contributed by atoms with Crippen LogP contribution in [-0.4, -0.2) is 21.3 Å². The lowest BCUT2D eigenvalue weighted by molar-refractivity contribution is -0.137. The highest BCUT2D eigenvalue weighted by Gasteiger charge is 2.17. The molecule has 1 rings (SSSR count). The third-order valence-corrected chi connectivity index (χ3v) is 1.83. The van der Waals surface area contributed by atoms with Gasteiger partial charge in [-0.1, -0.05) is 6.07 Å². The van der Waals surface area contributed by atoms with Crippen molar-refractivity contribution in [3.05, 3.63) is 23.8 Å². The molecule has 0 saturated carbocycles. The highest BCUT2D eigenvalue weighted by atomic mass is 16.4. The number of phenols is 2. The number of rotatable bonds is 3. The average molecular weight is 197 g/mol. The Bertz CT molecular complexity index is 330. The van der Waals surface area contributed by atoms with Gasteiger partial charge in [-0.25, -0.2) is 0 Å². The Morgan fingerprint density at radius 1 is 1.36 bits per heavy atom. The second-order valence-electron chi connectivity index (χ2n) is 2.91. The second-order valence-corrected chi connectivity index (χ2v) is 2.91. The maximum Gasteiger partial charge on any atom is 0.305 e. The van der Waals surface area contributed by atoms with E-state index >= 15 is 0 Å².